The van der Waals surface area contributed by atoms with Gasteiger partial charge < -0.3 is 13.6 Å². The molecule has 1 aromatic carbocycles. The number of benzene rings is 1. The molecule has 4 nitrogen and oxygen atoms in total. The highest BCUT2D eigenvalue weighted by Gasteiger charge is 2.39. The smallest absolute Gasteiger partial charge is 0.258 e. The van der Waals surface area contributed by atoms with Crippen LogP contribution in [0.1, 0.15) is 20.8 Å². The highest BCUT2D eigenvalue weighted by atomic mass is 79.9. The molecule has 26 heavy (non-hydrogen) atoms. The summed E-state index contributed by atoms with van der Waals surface area (Å²) >= 11 is 3.54. The lowest BCUT2D eigenvalue weighted by Crippen LogP contribution is -2.43. The van der Waals surface area contributed by atoms with Gasteiger partial charge in [0.2, 0.25) is 0 Å². The molecule has 0 radical (unpaired) electrons. The first-order chi connectivity index (χ1) is 12.1. The Hall–Kier alpha value is -1.79. The van der Waals surface area contributed by atoms with Gasteiger partial charge in [-0.1, -0.05) is 32.9 Å². The Morgan fingerprint density at radius 2 is 1.85 bits per heavy atom. The first kappa shape index (κ1) is 19.0. The molecule has 0 unspecified atom stereocenters. The topological polar surface area (TPSA) is 44.5 Å². The molecule has 0 aliphatic rings. The van der Waals surface area contributed by atoms with Crippen LogP contribution in [-0.4, -0.2) is 20.4 Å². The van der Waals surface area contributed by atoms with Crippen LogP contribution in [0.4, 0.5) is 0 Å². The zero-order valence-electron chi connectivity index (χ0n) is 16.0. The van der Waals surface area contributed by atoms with Gasteiger partial charge in [0.25, 0.3) is 14.2 Å². The number of methoxy groups -OCH3 is 1. The van der Waals surface area contributed by atoms with Gasteiger partial charge >= 0.3 is 0 Å². The predicted molar refractivity (Wildman–Crippen MR) is 112 cm³/mol. The third-order valence-electron chi connectivity index (χ3n) is 5.00. The number of hydrogen-bond donors (Lipinski definition) is 0. The first-order valence-electron chi connectivity index (χ1n) is 8.54. The molecule has 0 aliphatic heterocycles. The van der Waals surface area contributed by atoms with Crippen LogP contribution in [0.15, 0.2) is 45.4 Å². The number of rotatable bonds is 4. The maximum absolute atomic E-state index is 6.55. The van der Waals surface area contributed by atoms with E-state index in [0.717, 1.165) is 26.9 Å². The van der Waals surface area contributed by atoms with E-state index in [1.807, 2.05) is 30.3 Å². The van der Waals surface area contributed by atoms with E-state index < -0.39 is 8.32 Å². The third kappa shape index (κ3) is 3.40. The minimum absolute atomic E-state index is 0.115. The predicted octanol–water partition coefficient (Wildman–Crippen LogP) is 6.65. The number of furan rings is 1. The molecule has 3 rings (SSSR count). The molecule has 0 amide bonds. The fraction of sp³-hybridized carbons (Fsp3) is 0.350. The lowest BCUT2D eigenvalue weighted by Gasteiger charge is -2.36. The van der Waals surface area contributed by atoms with Crippen LogP contribution >= 0.6 is 15.9 Å². The fourth-order valence-electron chi connectivity index (χ4n) is 2.44. The van der Waals surface area contributed by atoms with E-state index in [9.17, 15) is 0 Å². The summed E-state index contributed by atoms with van der Waals surface area (Å²) in [6.45, 7) is 11.2. The number of pyridine rings is 1. The highest BCUT2D eigenvalue weighted by molar-refractivity contribution is 9.10. The summed E-state index contributed by atoms with van der Waals surface area (Å²) in [4.78, 5) is 4.26. The second-order valence-corrected chi connectivity index (χ2v) is 13.4. The minimum Gasteiger partial charge on any atom is -0.543 e. The standard InChI is InChI=1S/C20H24BrNO3Si/c1-20(2,3)26(5,6)25-16-10-8-7-9-13(16)17-11-14-15(21)12-22-19(23-4)18(14)24-17/h7-12H,1-6H3. The van der Waals surface area contributed by atoms with Crippen molar-refractivity contribution in [3.63, 3.8) is 0 Å². The van der Waals surface area contributed by atoms with Crippen molar-refractivity contribution in [1.29, 1.82) is 0 Å². The average Bonchev–Trinajstić information content (AvgIpc) is 3.00. The molecule has 2 heterocycles. The van der Waals surface area contributed by atoms with Crippen LogP contribution in [0.25, 0.3) is 22.3 Å². The van der Waals surface area contributed by atoms with Crippen molar-refractivity contribution in [3.05, 3.63) is 41.0 Å². The average molecular weight is 434 g/mol. The van der Waals surface area contributed by atoms with E-state index in [2.05, 4.69) is 54.8 Å². The summed E-state index contributed by atoms with van der Waals surface area (Å²) < 4.78 is 18.9. The van der Waals surface area contributed by atoms with Gasteiger partial charge in [-0.15, -0.1) is 0 Å². The van der Waals surface area contributed by atoms with Gasteiger partial charge in [0, 0.05) is 16.1 Å². The molecule has 2 aromatic heterocycles. The number of fused-ring (bicyclic) bond motifs is 1. The maximum Gasteiger partial charge on any atom is 0.258 e. The molecule has 0 aliphatic carbocycles. The van der Waals surface area contributed by atoms with E-state index in [0.29, 0.717) is 11.5 Å². The Morgan fingerprint density at radius 1 is 1.15 bits per heavy atom. The molecule has 0 bridgehead atoms. The molecule has 6 heteroatoms. The van der Waals surface area contributed by atoms with Crippen molar-refractivity contribution in [2.24, 2.45) is 0 Å². The Morgan fingerprint density at radius 3 is 2.50 bits per heavy atom. The molecule has 0 fully saturated rings. The summed E-state index contributed by atoms with van der Waals surface area (Å²) in [5.41, 5.74) is 1.56. The number of hydrogen-bond acceptors (Lipinski definition) is 4. The Balaban J connectivity index is 2.12. The van der Waals surface area contributed by atoms with Crippen LogP contribution in [0.3, 0.4) is 0 Å². The normalized spacial score (nSPS) is 12.4. The van der Waals surface area contributed by atoms with Crippen LogP contribution in [0, 0.1) is 0 Å². The molecule has 138 valence electrons. The Bertz CT molecular complexity index is 944. The molecular weight excluding hydrogens is 410 g/mol. The zero-order chi connectivity index (χ0) is 19.1. The largest absolute Gasteiger partial charge is 0.543 e. The van der Waals surface area contributed by atoms with Gasteiger partial charge in [-0.05, 0) is 52.3 Å². The second kappa shape index (κ2) is 6.74. The number of para-hydroxylation sites is 1. The van der Waals surface area contributed by atoms with E-state index in [1.54, 1.807) is 13.3 Å². The monoisotopic (exact) mass is 433 g/mol. The van der Waals surface area contributed by atoms with Crippen LogP contribution in [-0.2, 0) is 0 Å². The number of aromatic nitrogens is 1. The van der Waals surface area contributed by atoms with Crippen molar-refractivity contribution in [2.45, 2.75) is 38.9 Å². The van der Waals surface area contributed by atoms with Crippen LogP contribution in [0.5, 0.6) is 11.6 Å². The molecule has 3 aromatic rings. The van der Waals surface area contributed by atoms with E-state index in [-0.39, 0.29) is 5.04 Å². The highest BCUT2D eigenvalue weighted by Crippen LogP contribution is 2.42. The number of ether oxygens (including phenoxy) is 1. The summed E-state index contributed by atoms with van der Waals surface area (Å²) in [6.07, 6.45) is 1.72. The lowest BCUT2D eigenvalue weighted by molar-refractivity contribution is 0.394. The number of nitrogens with zero attached hydrogens (tertiary/aromatic N) is 1. The molecule has 0 saturated carbocycles. The Labute approximate surface area is 163 Å². The van der Waals surface area contributed by atoms with Crippen molar-refractivity contribution in [1.82, 2.24) is 4.98 Å². The Kier molecular flexibility index (Phi) is 4.92. The van der Waals surface area contributed by atoms with Crippen molar-refractivity contribution >= 4 is 35.2 Å². The van der Waals surface area contributed by atoms with Crippen LogP contribution < -0.4 is 9.16 Å². The minimum atomic E-state index is -1.97. The molecule has 0 atom stereocenters. The second-order valence-electron chi connectivity index (χ2n) is 7.83. The molecule has 0 N–H and O–H groups in total. The van der Waals surface area contributed by atoms with Gasteiger partial charge in [-0.2, -0.15) is 0 Å². The van der Waals surface area contributed by atoms with Gasteiger partial charge in [0.15, 0.2) is 5.58 Å². The molecular formula is C20H24BrNO3Si. The van der Waals surface area contributed by atoms with E-state index >= 15 is 0 Å². The SMILES string of the molecule is COc1ncc(Br)c2cc(-c3ccccc3O[Si](C)(C)C(C)(C)C)oc12. The van der Waals surface area contributed by atoms with Gasteiger partial charge in [-0.25, -0.2) is 4.98 Å². The van der Waals surface area contributed by atoms with Crippen molar-refractivity contribution < 1.29 is 13.6 Å². The van der Waals surface area contributed by atoms with Crippen molar-refractivity contribution in [2.75, 3.05) is 7.11 Å². The van der Waals surface area contributed by atoms with Gasteiger partial charge in [0.05, 0.1) is 12.7 Å². The summed E-state index contributed by atoms with van der Waals surface area (Å²) in [7, 11) is -0.376. The van der Waals surface area contributed by atoms with Gasteiger partial charge in [0.1, 0.15) is 11.5 Å². The first-order valence-corrected chi connectivity index (χ1v) is 12.2. The van der Waals surface area contributed by atoms with Crippen molar-refractivity contribution in [3.8, 4) is 23.0 Å². The van der Waals surface area contributed by atoms with Gasteiger partial charge in [-0.3, -0.25) is 0 Å². The van der Waals surface area contributed by atoms with E-state index in [4.69, 9.17) is 13.6 Å². The van der Waals surface area contributed by atoms with Crippen LogP contribution in [0.2, 0.25) is 18.1 Å². The number of halogens is 1. The summed E-state index contributed by atoms with van der Waals surface area (Å²) in [6, 6.07) is 10.0. The lowest BCUT2D eigenvalue weighted by atomic mass is 10.1. The maximum atomic E-state index is 6.55. The summed E-state index contributed by atoms with van der Waals surface area (Å²) in [5, 5.41) is 1.04. The molecule has 0 saturated heterocycles. The molecule has 0 spiro atoms. The quantitative estimate of drug-likeness (QED) is 0.431. The summed E-state index contributed by atoms with van der Waals surface area (Å²) in [5.74, 6) is 2.06. The van der Waals surface area contributed by atoms with E-state index in [1.165, 1.54) is 0 Å². The zero-order valence-corrected chi connectivity index (χ0v) is 18.6. The third-order valence-corrected chi connectivity index (χ3v) is 9.97. The fourth-order valence-corrected chi connectivity index (χ4v) is 3.87.